The van der Waals surface area contributed by atoms with E-state index in [2.05, 4.69) is 31.9 Å². The number of hydrogen-bond donors (Lipinski definition) is 6. The Morgan fingerprint density at radius 2 is 0.637 bits per heavy atom. The van der Waals surface area contributed by atoms with E-state index in [-0.39, 0.29) is 132 Å². The predicted molar refractivity (Wildman–Crippen MR) is 420 cm³/mol. The number of benzene rings is 2. The van der Waals surface area contributed by atoms with Gasteiger partial charge in [-0.05, 0) is 29.7 Å². The number of carbonyl (C=O) groups excluding carboxylic acids is 15. The third-order valence-corrected chi connectivity index (χ3v) is 17.6. The fraction of sp³-hybridized carbons (Fsp3) is 0.662. The van der Waals surface area contributed by atoms with Gasteiger partial charge < -0.3 is 136 Å². The van der Waals surface area contributed by atoms with Gasteiger partial charge in [-0.2, -0.15) is 0 Å². The van der Waals surface area contributed by atoms with Gasteiger partial charge in [0.05, 0.1) is 118 Å². The molecule has 124 heavy (non-hydrogen) atoms. The molecule has 694 valence electrons. The first-order chi connectivity index (χ1) is 59.2. The first kappa shape index (κ1) is 104. The molecule has 16 unspecified atom stereocenters. The van der Waals surface area contributed by atoms with E-state index in [0.29, 0.717) is 11.3 Å². The first-order valence-electron chi connectivity index (χ1n) is 40.0. The molecule has 6 amide bonds. The van der Waals surface area contributed by atoms with Crippen molar-refractivity contribution in [1.82, 2.24) is 36.8 Å². The van der Waals surface area contributed by atoms with Crippen LogP contribution in [-0.2, 0) is 184 Å². The zero-order valence-electron chi connectivity index (χ0n) is 71.7. The van der Waals surface area contributed by atoms with Crippen LogP contribution < -0.4 is 36.6 Å². The summed E-state index contributed by atoms with van der Waals surface area (Å²) in [7, 11) is 0. The van der Waals surface area contributed by atoms with Gasteiger partial charge in [-0.1, -0.05) is 42.5 Å². The van der Waals surface area contributed by atoms with Crippen molar-refractivity contribution in [2.45, 2.75) is 194 Å². The predicted octanol–water partition coefficient (Wildman–Crippen LogP) is -2.06. The molecule has 16 atom stereocenters. The van der Waals surface area contributed by atoms with Crippen LogP contribution >= 0.6 is 0 Å². The number of ether oxygens (including phenoxy) is 22. The zero-order valence-corrected chi connectivity index (χ0v) is 71.7. The molecule has 3 aliphatic rings. The minimum absolute atomic E-state index is 0.00996. The van der Waals surface area contributed by atoms with E-state index in [9.17, 15) is 71.9 Å². The molecule has 0 radical (unpaired) electrons. The number of hydrogen-bond acceptors (Lipinski definition) is 38. The average molecular weight is 1770 g/mol. The van der Waals surface area contributed by atoms with Crippen molar-refractivity contribution in [2.75, 3.05) is 152 Å². The number of amides is 6. The molecule has 5 rings (SSSR count). The van der Waals surface area contributed by atoms with Crippen molar-refractivity contribution in [3.63, 3.8) is 0 Å². The van der Waals surface area contributed by atoms with Crippen molar-refractivity contribution in [3.8, 4) is 5.75 Å². The van der Waals surface area contributed by atoms with Gasteiger partial charge in [-0.25, -0.2) is 0 Å². The standard InChI is InChI=1S/C80H117N7O37/c1-47(88)84-68-74(119-56(10)97)71(116-53(7)94)63(44-112-50(4)91)122-78(68)109-37-34-106-31-28-103-25-22-81-66(100)41-87(42-67(101)82-23-26-104-29-32-107-35-38-110-79-69(85-48(2)89)75(120-57(11)98)72(117-54(8)95)64(123-79)45-113-51(5)92)62(40-59-18-20-61(21-19-59)115-43-60-16-14-13-15-17-60)77(102)83-24-27-105-30-33-108-36-39-111-80-70(86-49(3)90)76(121-58(12)99)73(118-55(9)96)65(124-80)46-114-52(6)93/h13-21,62-65,68-76,78-80H,22-46H2,1-12H3,(H,81,100)(H,82,101)(H,83,102)(H,84,88)(H,85,89)(H,86,90). The van der Waals surface area contributed by atoms with Gasteiger partial charge in [-0.15, -0.1) is 0 Å². The molecule has 0 bridgehead atoms. The second-order valence-corrected chi connectivity index (χ2v) is 28.0. The Hall–Kier alpha value is -10.2. The zero-order chi connectivity index (χ0) is 91.0. The Labute approximate surface area is 716 Å². The summed E-state index contributed by atoms with van der Waals surface area (Å²) in [5.41, 5.74) is 1.54. The molecule has 0 aromatic heterocycles. The van der Waals surface area contributed by atoms with Crippen molar-refractivity contribution >= 4 is 89.2 Å². The average Bonchev–Trinajstić information content (AvgIpc) is 0.794. The van der Waals surface area contributed by atoms with Crippen LogP contribution in [0.2, 0.25) is 0 Å². The lowest BCUT2D eigenvalue weighted by Crippen LogP contribution is -2.66. The Balaban J connectivity index is 1.23. The highest BCUT2D eigenvalue weighted by molar-refractivity contribution is 5.86. The van der Waals surface area contributed by atoms with Gasteiger partial charge in [0.2, 0.25) is 35.4 Å². The van der Waals surface area contributed by atoms with E-state index in [0.717, 1.165) is 67.9 Å². The van der Waals surface area contributed by atoms with Gasteiger partial charge in [0.1, 0.15) is 68.6 Å². The van der Waals surface area contributed by atoms with E-state index in [1.54, 1.807) is 24.3 Å². The van der Waals surface area contributed by atoms with E-state index in [4.69, 9.17) is 104 Å². The number of nitrogens with one attached hydrogen (secondary N) is 6. The van der Waals surface area contributed by atoms with Crippen LogP contribution in [0.1, 0.15) is 94.2 Å². The molecule has 2 aromatic rings. The number of rotatable bonds is 56. The van der Waals surface area contributed by atoms with Gasteiger partial charge in [-0.3, -0.25) is 76.8 Å². The van der Waals surface area contributed by atoms with E-state index in [1.807, 2.05) is 30.3 Å². The van der Waals surface area contributed by atoms with E-state index < -0.39 is 220 Å². The summed E-state index contributed by atoms with van der Waals surface area (Å²) >= 11 is 0. The topological polar surface area (TPSA) is 535 Å². The Morgan fingerprint density at radius 1 is 0.339 bits per heavy atom. The van der Waals surface area contributed by atoms with Gasteiger partial charge >= 0.3 is 53.7 Å². The summed E-state index contributed by atoms with van der Waals surface area (Å²) in [5, 5.41) is 16.3. The van der Waals surface area contributed by atoms with Crippen LogP contribution in [0.25, 0.3) is 0 Å². The minimum Gasteiger partial charge on any atom is -0.489 e. The highest BCUT2D eigenvalue weighted by Gasteiger charge is 2.54. The maximum absolute atomic E-state index is 14.7. The maximum atomic E-state index is 14.7. The Kier molecular flexibility index (Phi) is 48.2. The van der Waals surface area contributed by atoms with Crippen LogP contribution in [0.4, 0.5) is 0 Å². The van der Waals surface area contributed by atoms with Gasteiger partial charge in [0.15, 0.2) is 55.5 Å². The second kappa shape index (κ2) is 57.3. The smallest absolute Gasteiger partial charge is 0.303 e. The van der Waals surface area contributed by atoms with Crippen LogP contribution in [0.15, 0.2) is 54.6 Å². The lowest BCUT2D eigenvalue weighted by Gasteiger charge is -2.44. The molecule has 0 saturated carbocycles. The molecular formula is C80H117N7O37. The third-order valence-electron chi connectivity index (χ3n) is 17.6. The summed E-state index contributed by atoms with van der Waals surface area (Å²) in [6, 6.07) is 11.6. The fourth-order valence-electron chi connectivity index (χ4n) is 12.7. The largest absolute Gasteiger partial charge is 0.489 e. The summed E-state index contributed by atoms with van der Waals surface area (Å²) in [5.74, 6) is -9.73. The summed E-state index contributed by atoms with van der Waals surface area (Å²) in [6.07, 6.45) is -15.6. The van der Waals surface area contributed by atoms with Crippen molar-refractivity contribution < 1.29 is 176 Å². The molecule has 3 aliphatic heterocycles. The molecule has 0 aliphatic carbocycles. The lowest BCUT2D eigenvalue weighted by molar-refractivity contribution is -0.279. The molecule has 0 spiro atoms. The monoisotopic (exact) mass is 1770 g/mol. The minimum atomic E-state index is -1.34. The van der Waals surface area contributed by atoms with Gasteiger partial charge in [0.25, 0.3) is 0 Å². The summed E-state index contributed by atoms with van der Waals surface area (Å²) in [6.45, 7) is 10.9. The van der Waals surface area contributed by atoms with E-state index >= 15 is 0 Å². The third kappa shape index (κ3) is 41.1. The maximum Gasteiger partial charge on any atom is 0.303 e. The molecule has 6 N–H and O–H groups in total. The normalized spacial score (nSPS) is 22.3. The summed E-state index contributed by atoms with van der Waals surface area (Å²) in [4.78, 5) is 190. The second-order valence-electron chi connectivity index (χ2n) is 28.0. The van der Waals surface area contributed by atoms with Gasteiger partial charge in [0, 0.05) is 103 Å². The molecule has 3 fully saturated rings. The summed E-state index contributed by atoms with van der Waals surface area (Å²) < 4.78 is 125. The molecule has 44 heteroatoms. The molecular weight excluding hydrogens is 1650 g/mol. The van der Waals surface area contributed by atoms with Crippen LogP contribution in [0, 0.1) is 0 Å². The lowest BCUT2D eigenvalue weighted by atomic mass is 9.96. The number of carbonyl (C=O) groups is 15. The number of esters is 9. The van der Waals surface area contributed by atoms with Crippen molar-refractivity contribution in [1.29, 1.82) is 0 Å². The number of nitrogens with zero attached hydrogens (tertiary/aromatic N) is 1. The fourth-order valence-corrected chi connectivity index (χ4v) is 12.7. The van der Waals surface area contributed by atoms with Crippen LogP contribution in [0.3, 0.4) is 0 Å². The Bertz CT molecular complexity index is 3590. The molecule has 44 nitrogen and oxygen atoms in total. The molecule has 3 saturated heterocycles. The quantitative estimate of drug-likeness (QED) is 0.0236. The molecule has 3 heterocycles. The van der Waals surface area contributed by atoms with Crippen LogP contribution in [0.5, 0.6) is 5.75 Å². The highest BCUT2D eigenvalue weighted by Crippen LogP contribution is 2.32. The first-order valence-corrected chi connectivity index (χ1v) is 40.0. The van der Waals surface area contributed by atoms with Crippen molar-refractivity contribution in [2.24, 2.45) is 0 Å². The Morgan fingerprint density at radius 3 is 0.944 bits per heavy atom. The van der Waals surface area contributed by atoms with Crippen molar-refractivity contribution in [3.05, 3.63) is 65.7 Å². The highest BCUT2D eigenvalue weighted by atomic mass is 16.7. The SMILES string of the molecule is CC(=O)NC1C(OCCOCCOCCNC(=O)CN(CC(=O)NCCOCCOCCOC2OC(COC(C)=O)C(OC(C)=O)C(OC(C)=O)C2NC(C)=O)C(Cc2ccc(OCc3ccccc3)cc2)C(=O)NCCOCCOCCOC2OC(COC(C)=O)C(OC(C)=O)C(OC(C)=O)C2NC(C)=O)OC(COC(C)=O)C(OC(C)=O)C1OC(C)=O. The van der Waals surface area contributed by atoms with Crippen LogP contribution in [-0.4, -0.2) is 344 Å². The molecule has 2 aromatic carbocycles. The van der Waals surface area contributed by atoms with E-state index in [1.165, 1.54) is 25.7 Å².